The Morgan fingerprint density at radius 2 is 2.00 bits per heavy atom. The molecule has 0 aliphatic carbocycles. The van der Waals surface area contributed by atoms with Crippen molar-refractivity contribution in [3.05, 3.63) is 64.6 Å². The van der Waals surface area contributed by atoms with Crippen molar-refractivity contribution in [2.75, 3.05) is 5.32 Å². The number of rotatable bonds is 5. The third-order valence-corrected chi connectivity index (χ3v) is 5.96. The number of nitrogens with one attached hydrogen (secondary N) is 2. The largest absolute Gasteiger partial charge is 0.334 e. The maximum Gasteiger partial charge on any atom is 0.319 e. The second-order valence-electron chi connectivity index (χ2n) is 7.56. The summed E-state index contributed by atoms with van der Waals surface area (Å²) < 4.78 is 2.87. The van der Waals surface area contributed by atoms with E-state index in [0.717, 1.165) is 43.7 Å². The predicted molar refractivity (Wildman–Crippen MR) is 120 cm³/mol. The van der Waals surface area contributed by atoms with E-state index in [4.69, 9.17) is 0 Å². The van der Waals surface area contributed by atoms with Crippen LogP contribution in [0.5, 0.6) is 0 Å². The maximum absolute atomic E-state index is 12.3. The number of aryl methyl sites for hydroxylation is 2. The Morgan fingerprint density at radius 1 is 1.17 bits per heavy atom. The van der Waals surface area contributed by atoms with Gasteiger partial charge in [-0.05, 0) is 49.7 Å². The third-order valence-electron chi connectivity index (χ3n) is 4.65. The van der Waals surface area contributed by atoms with E-state index in [0.29, 0.717) is 12.5 Å². The Morgan fingerprint density at radius 3 is 2.67 bits per heavy atom. The minimum Gasteiger partial charge on any atom is -0.334 e. The first-order chi connectivity index (χ1) is 14.4. The molecule has 30 heavy (non-hydrogen) atoms. The Balaban J connectivity index is 1.36. The normalized spacial score (nSPS) is 11.2. The van der Waals surface area contributed by atoms with Crippen molar-refractivity contribution in [3.8, 4) is 5.82 Å². The lowest BCUT2D eigenvalue weighted by atomic mass is 10.2. The molecule has 7 nitrogen and oxygen atoms in total. The van der Waals surface area contributed by atoms with Crippen LogP contribution in [-0.2, 0) is 6.54 Å². The van der Waals surface area contributed by atoms with Crippen molar-refractivity contribution >= 4 is 33.3 Å². The fraction of sp³-hybridized carbons (Fsp3) is 0.273. The highest BCUT2D eigenvalue weighted by atomic mass is 32.1. The van der Waals surface area contributed by atoms with Crippen LogP contribution in [0.2, 0.25) is 0 Å². The number of hydrogen-bond donors (Lipinski definition) is 2. The molecule has 0 atom stereocenters. The number of carbonyl (C=O) groups is 1. The van der Waals surface area contributed by atoms with Crippen LogP contribution in [0.3, 0.4) is 0 Å². The Bertz CT molecular complexity index is 1190. The van der Waals surface area contributed by atoms with Gasteiger partial charge in [-0.3, -0.25) is 0 Å². The highest BCUT2D eigenvalue weighted by Gasteiger charge is 2.10. The van der Waals surface area contributed by atoms with Crippen molar-refractivity contribution in [1.82, 2.24) is 25.1 Å². The molecule has 0 unspecified atom stereocenters. The molecule has 154 valence electrons. The van der Waals surface area contributed by atoms with Gasteiger partial charge in [0.25, 0.3) is 0 Å². The molecule has 3 aromatic heterocycles. The number of thiazole rings is 1. The van der Waals surface area contributed by atoms with Crippen LogP contribution in [0.4, 0.5) is 10.5 Å². The van der Waals surface area contributed by atoms with E-state index in [9.17, 15) is 4.79 Å². The molecule has 8 heteroatoms. The van der Waals surface area contributed by atoms with Gasteiger partial charge in [-0.15, -0.1) is 11.3 Å². The van der Waals surface area contributed by atoms with Crippen molar-refractivity contribution in [3.63, 3.8) is 0 Å². The fourth-order valence-electron chi connectivity index (χ4n) is 3.13. The molecule has 0 aliphatic rings. The van der Waals surface area contributed by atoms with E-state index in [1.807, 2.05) is 50.2 Å². The Hall–Kier alpha value is -3.26. The van der Waals surface area contributed by atoms with Gasteiger partial charge in [-0.25, -0.2) is 19.4 Å². The third kappa shape index (κ3) is 4.33. The Labute approximate surface area is 179 Å². The average molecular weight is 421 g/mol. The molecule has 1 aromatic carbocycles. The zero-order chi connectivity index (χ0) is 21.3. The van der Waals surface area contributed by atoms with Gasteiger partial charge < -0.3 is 10.6 Å². The minimum absolute atomic E-state index is 0.259. The van der Waals surface area contributed by atoms with Crippen LogP contribution in [0, 0.1) is 13.8 Å². The van der Waals surface area contributed by atoms with Crippen molar-refractivity contribution in [1.29, 1.82) is 0 Å². The second kappa shape index (κ2) is 8.23. The van der Waals surface area contributed by atoms with Crippen LogP contribution >= 0.6 is 11.3 Å². The molecule has 2 N–H and O–H groups in total. The number of urea groups is 1. The van der Waals surface area contributed by atoms with E-state index in [2.05, 4.69) is 39.5 Å². The molecular weight excluding hydrogens is 396 g/mol. The summed E-state index contributed by atoms with van der Waals surface area (Å²) >= 11 is 1.66. The molecular formula is C22H24N6OS. The van der Waals surface area contributed by atoms with Crippen LogP contribution in [0.25, 0.3) is 16.0 Å². The van der Waals surface area contributed by atoms with Gasteiger partial charge in [-0.2, -0.15) is 5.10 Å². The SMILES string of the molecule is Cc1cc(C)n(-c2ccc(CNC(=O)Nc3ccc4nc(C(C)C)sc4c3)cn2)n1. The molecule has 0 spiro atoms. The summed E-state index contributed by atoms with van der Waals surface area (Å²) in [6.07, 6.45) is 1.75. The van der Waals surface area contributed by atoms with Gasteiger partial charge in [-0.1, -0.05) is 19.9 Å². The van der Waals surface area contributed by atoms with Gasteiger partial charge in [0.05, 0.1) is 20.9 Å². The molecule has 0 aliphatic heterocycles. The first-order valence-electron chi connectivity index (χ1n) is 9.83. The topological polar surface area (TPSA) is 84.7 Å². The van der Waals surface area contributed by atoms with Gasteiger partial charge >= 0.3 is 6.03 Å². The number of amides is 2. The molecule has 0 saturated heterocycles. The first-order valence-corrected chi connectivity index (χ1v) is 10.6. The number of hydrogen-bond acceptors (Lipinski definition) is 5. The number of aromatic nitrogens is 4. The highest BCUT2D eigenvalue weighted by molar-refractivity contribution is 7.18. The zero-order valence-electron chi connectivity index (χ0n) is 17.4. The predicted octanol–water partition coefficient (Wildman–Crippen LogP) is 4.94. The van der Waals surface area contributed by atoms with E-state index in [1.165, 1.54) is 0 Å². The smallest absolute Gasteiger partial charge is 0.319 e. The summed E-state index contributed by atoms with van der Waals surface area (Å²) in [5.41, 5.74) is 4.60. The molecule has 0 fully saturated rings. The number of fused-ring (bicyclic) bond motifs is 1. The van der Waals surface area contributed by atoms with Crippen LogP contribution in [-0.4, -0.2) is 25.8 Å². The lowest BCUT2D eigenvalue weighted by Crippen LogP contribution is -2.28. The average Bonchev–Trinajstić information content (AvgIpc) is 3.29. The van der Waals surface area contributed by atoms with Crippen LogP contribution < -0.4 is 10.6 Å². The molecule has 3 heterocycles. The standard InChI is InChI=1S/C22H24N6OS/c1-13(2)21-26-18-7-6-17(10-19(18)30-21)25-22(29)24-12-16-5-8-20(23-11-16)28-15(4)9-14(3)27-28/h5-11,13H,12H2,1-4H3,(H2,24,25,29). The van der Waals surface area contributed by atoms with Crippen molar-refractivity contribution in [2.45, 2.75) is 40.2 Å². The van der Waals surface area contributed by atoms with E-state index in [1.54, 1.807) is 22.2 Å². The van der Waals surface area contributed by atoms with E-state index in [-0.39, 0.29) is 6.03 Å². The fourth-order valence-corrected chi connectivity index (χ4v) is 4.14. The number of benzene rings is 1. The van der Waals surface area contributed by atoms with E-state index < -0.39 is 0 Å². The molecule has 0 bridgehead atoms. The molecule has 0 radical (unpaired) electrons. The van der Waals surface area contributed by atoms with Crippen molar-refractivity contribution < 1.29 is 4.79 Å². The van der Waals surface area contributed by atoms with Gasteiger partial charge in [0.15, 0.2) is 5.82 Å². The Kier molecular flexibility index (Phi) is 5.50. The summed E-state index contributed by atoms with van der Waals surface area (Å²) in [5, 5.41) is 11.3. The van der Waals surface area contributed by atoms with E-state index >= 15 is 0 Å². The highest BCUT2D eigenvalue weighted by Crippen LogP contribution is 2.29. The van der Waals surface area contributed by atoms with Crippen LogP contribution in [0.1, 0.15) is 41.7 Å². The number of anilines is 1. The zero-order valence-corrected chi connectivity index (χ0v) is 18.2. The van der Waals surface area contributed by atoms with Crippen LogP contribution in [0.15, 0.2) is 42.6 Å². The minimum atomic E-state index is -0.259. The first kappa shape index (κ1) is 20.0. The van der Waals surface area contributed by atoms with Crippen molar-refractivity contribution in [2.24, 2.45) is 0 Å². The van der Waals surface area contributed by atoms with Gasteiger partial charge in [0, 0.05) is 30.0 Å². The summed E-state index contributed by atoms with van der Waals surface area (Å²) in [6, 6.07) is 11.4. The van der Waals surface area contributed by atoms with Gasteiger partial charge in [0.2, 0.25) is 0 Å². The molecule has 4 rings (SSSR count). The summed E-state index contributed by atoms with van der Waals surface area (Å²) in [5.74, 6) is 1.15. The number of nitrogens with zero attached hydrogens (tertiary/aromatic N) is 4. The number of carbonyl (C=O) groups excluding carboxylic acids is 1. The lowest BCUT2D eigenvalue weighted by Gasteiger charge is -2.08. The van der Waals surface area contributed by atoms with Gasteiger partial charge in [0.1, 0.15) is 0 Å². The summed E-state index contributed by atoms with van der Waals surface area (Å²) in [6.45, 7) is 8.59. The quantitative estimate of drug-likeness (QED) is 0.479. The molecule has 0 saturated carbocycles. The monoisotopic (exact) mass is 420 g/mol. The molecule has 2 amide bonds. The maximum atomic E-state index is 12.3. The number of pyridine rings is 1. The summed E-state index contributed by atoms with van der Waals surface area (Å²) in [7, 11) is 0. The second-order valence-corrected chi connectivity index (χ2v) is 8.62. The summed E-state index contributed by atoms with van der Waals surface area (Å²) in [4.78, 5) is 21.4. The molecule has 4 aromatic rings. The lowest BCUT2D eigenvalue weighted by molar-refractivity contribution is 0.251.